The minimum Gasteiger partial charge on any atom is -0.478 e. The lowest BCUT2D eigenvalue weighted by atomic mass is 9.87. The number of ether oxygens (including phenoxy) is 1. The molecule has 0 amide bonds. The van der Waals surface area contributed by atoms with Gasteiger partial charge in [-0.3, -0.25) is 0 Å². The molecule has 1 aromatic heterocycles. The number of aromatic carboxylic acids is 1. The highest BCUT2D eigenvalue weighted by atomic mass is 19.1. The number of halogens is 1. The number of aromatic nitrogens is 1. The van der Waals surface area contributed by atoms with E-state index in [1.807, 2.05) is 12.1 Å². The van der Waals surface area contributed by atoms with E-state index in [4.69, 9.17) is 9.84 Å². The van der Waals surface area contributed by atoms with Crippen molar-refractivity contribution in [2.75, 3.05) is 0 Å². The Labute approximate surface area is 122 Å². The van der Waals surface area contributed by atoms with Gasteiger partial charge in [0, 0.05) is 6.20 Å². The Kier molecular flexibility index (Phi) is 3.93. The van der Waals surface area contributed by atoms with Crippen molar-refractivity contribution >= 4 is 5.97 Å². The zero-order chi connectivity index (χ0) is 15.6. The van der Waals surface area contributed by atoms with Crippen molar-refractivity contribution < 1.29 is 19.0 Å². The number of benzene rings is 1. The molecule has 1 aromatic carbocycles. The molecule has 0 atom stereocenters. The van der Waals surface area contributed by atoms with Crippen LogP contribution in [0.4, 0.5) is 4.39 Å². The van der Waals surface area contributed by atoms with Crippen LogP contribution >= 0.6 is 0 Å². The summed E-state index contributed by atoms with van der Waals surface area (Å²) in [7, 11) is 0. The first kappa shape index (κ1) is 15.0. The van der Waals surface area contributed by atoms with Gasteiger partial charge < -0.3 is 9.84 Å². The van der Waals surface area contributed by atoms with Gasteiger partial charge in [-0.1, -0.05) is 32.9 Å². The van der Waals surface area contributed by atoms with Gasteiger partial charge >= 0.3 is 5.97 Å². The van der Waals surface area contributed by atoms with E-state index in [9.17, 15) is 9.18 Å². The predicted molar refractivity (Wildman–Crippen MR) is 76.4 cm³/mol. The first-order chi connectivity index (χ1) is 9.79. The van der Waals surface area contributed by atoms with E-state index >= 15 is 0 Å². The van der Waals surface area contributed by atoms with E-state index < -0.39 is 17.3 Å². The number of carboxylic acids is 1. The Balaban J connectivity index is 2.27. The van der Waals surface area contributed by atoms with Crippen LogP contribution in [0.5, 0.6) is 11.6 Å². The molecular weight excluding hydrogens is 273 g/mol. The summed E-state index contributed by atoms with van der Waals surface area (Å²) in [4.78, 5) is 14.6. The fourth-order valence-electron chi connectivity index (χ4n) is 1.80. The van der Waals surface area contributed by atoms with Crippen molar-refractivity contribution in [2.45, 2.75) is 26.2 Å². The van der Waals surface area contributed by atoms with Gasteiger partial charge in [-0.05, 0) is 29.2 Å². The third-order valence-electron chi connectivity index (χ3n) is 3.02. The third kappa shape index (κ3) is 3.37. The third-order valence-corrected chi connectivity index (χ3v) is 3.02. The molecule has 0 spiro atoms. The fourth-order valence-corrected chi connectivity index (χ4v) is 1.80. The topological polar surface area (TPSA) is 59.4 Å². The molecule has 0 unspecified atom stereocenters. The quantitative estimate of drug-likeness (QED) is 0.927. The van der Waals surface area contributed by atoms with Gasteiger partial charge in [0.25, 0.3) is 5.88 Å². The molecule has 0 aliphatic rings. The Morgan fingerprint density at radius 2 is 1.81 bits per heavy atom. The van der Waals surface area contributed by atoms with Gasteiger partial charge in [-0.2, -0.15) is 0 Å². The second kappa shape index (κ2) is 5.52. The van der Waals surface area contributed by atoms with E-state index in [0.717, 1.165) is 11.6 Å². The van der Waals surface area contributed by atoms with Crippen LogP contribution in [-0.4, -0.2) is 16.1 Å². The van der Waals surface area contributed by atoms with Crippen molar-refractivity contribution in [1.82, 2.24) is 4.98 Å². The standard InChI is InChI=1S/C16H16FNO3/c1-16(2,3)10-4-6-11(7-5-10)21-14-13(17)12(15(19)20)8-9-18-14/h4-9H,1-3H3,(H,19,20). The molecule has 0 aliphatic heterocycles. The molecule has 0 bridgehead atoms. The molecule has 1 N–H and O–H groups in total. The highest BCUT2D eigenvalue weighted by Crippen LogP contribution is 2.27. The molecule has 0 saturated heterocycles. The smallest absolute Gasteiger partial charge is 0.338 e. The van der Waals surface area contributed by atoms with Crippen LogP contribution in [0.2, 0.25) is 0 Å². The van der Waals surface area contributed by atoms with Crippen LogP contribution in [0, 0.1) is 5.82 Å². The molecular formula is C16H16FNO3. The molecule has 21 heavy (non-hydrogen) atoms. The zero-order valence-electron chi connectivity index (χ0n) is 12.1. The van der Waals surface area contributed by atoms with Crippen LogP contribution in [0.25, 0.3) is 0 Å². The Morgan fingerprint density at radius 1 is 1.19 bits per heavy atom. The van der Waals surface area contributed by atoms with Crippen molar-refractivity contribution in [3.63, 3.8) is 0 Å². The second-order valence-corrected chi connectivity index (χ2v) is 5.66. The van der Waals surface area contributed by atoms with Crippen LogP contribution < -0.4 is 4.74 Å². The second-order valence-electron chi connectivity index (χ2n) is 5.66. The lowest BCUT2D eigenvalue weighted by Crippen LogP contribution is -2.10. The van der Waals surface area contributed by atoms with Gasteiger partial charge in [0.1, 0.15) is 11.3 Å². The fraction of sp³-hybridized carbons (Fsp3) is 0.250. The highest BCUT2D eigenvalue weighted by molar-refractivity contribution is 5.88. The van der Waals surface area contributed by atoms with Crippen molar-refractivity contribution in [1.29, 1.82) is 0 Å². The van der Waals surface area contributed by atoms with Gasteiger partial charge in [0.15, 0.2) is 5.82 Å². The molecule has 110 valence electrons. The van der Waals surface area contributed by atoms with Crippen LogP contribution in [0.1, 0.15) is 36.7 Å². The number of rotatable bonds is 3. The summed E-state index contributed by atoms with van der Waals surface area (Å²) in [6.07, 6.45) is 1.20. The molecule has 0 saturated carbocycles. The number of pyridine rings is 1. The number of carbonyl (C=O) groups is 1. The summed E-state index contributed by atoms with van der Waals surface area (Å²) in [5.74, 6) is -2.29. The largest absolute Gasteiger partial charge is 0.478 e. The van der Waals surface area contributed by atoms with E-state index in [1.165, 1.54) is 6.20 Å². The minimum atomic E-state index is -1.36. The Bertz CT molecular complexity index is 660. The first-order valence-electron chi connectivity index (χ1n) is 6.45. The van der Waals surface area contributed by atoms with E-state index in [-0.39, 0.29) is 11.3 Å². The monoisotopic (exact) mass is 289 g/mol. The summed E-state index contributed by atoms with van der Waals surface area (Å²) in [6.45, 7) is 6.25. The summed E-state index contributed by atoms with van der Waals surface area (Å²) < 4.78 is 19.2. The van der Waals surface area contributed by atoms with Crippen LogP contribution in [-0.2, 0) is 5.41 Å². The summed E-state index contributed by atoms with van der Waals surface area (Å²) in [6, 6.07) is 8.26. The van der Waals surface area contributed by atoms with Gasteiger partial charge in [0.05, 0.1) is 0 Å². The first-order valence-corrected chi connectivity index (χ1v) is 6.45. The normalized spacial score (nSPS) is 11.2. The summed E-state index contributed by atoms with van der Waals surface area (Å²) in [5, 5.41) is 8.86. The molecule has 0 aliphatic carbocycles. The maximum atomic E-state index is 13.9. The molecule has 2 rings (SSSR count). The SMILES string of the molecule is CC(C)(C)c1ccc(Oc2nccc(C(=O)O)c2F)cc1. The maximum Gasteiger partial charge on any atom is 0.338 e. The van der Waals surface area contributed by atoms with Crippen LogP contribution in [0.15, 0.2) is 36.5 Å². The lowest BCUT2D eigenvalue weighted by Gasteiger charge is -2.19. The van der Waals surface area contributed by atoms with Gasteiger partial charge in [-0.15, -0.1) is 0 Å². The van der Waals surface area contributed by atoms with Gasteiger partial charge in [-0.25, -0.2) is 14.2 Å². The number of nitrogens with zero attached hydrogens (tertiary/aromatic N) is 1. The number of hydrogen-bond donors (Lipinski definition) is 1. The van der Waals surface area contributed by atoms with Crippen molar-refractivity contribution in [3.8, 4) is 11.6 Å². The summed E-state index contributed by atoms with van der Waals surface area (Å²) in [5.41, 5.74) is 0.652. The molecule has 0 fully saturated rings. The Morgan fingerprint density at radius 3 is 2.33 bits per heavy atom. The minimum absolute atomic E-state index is 0.00521. The zero-order valence-corrected chi connectivity index (χ0v) is 12.1. The molecule has 0 radical (unpaired) electrons. The Hall–Kier alpha value is -2.43. The van der Waals surface area contributed by atoms with Crippen molar-refractivity contribution in [3.05, 3.63) is 53.5 Å². The predicted octanol–water partition coefficient (Wildman–Crippen LogP) is 4.01. The molecule has 5 heteroatoms. The van der Waals surface area contributed by atoms with E-state index in [2.05, 4.69) is 25.8 Å². The number of hydrogen-bond acceptors (Lipinski definition) is 3. The van der Waals surface area contributed by atoms with Gasteiger partial charge in [0.2, 0.25) is 0 Å². The summed E-state index contributed by atoms with van der Waals surface area (Å²) >= 11 is 0. The average Bonchev–Trinajstić information content (AvgIpc) is 2.40. The molecule has 2 aromatic rings. The van der Waals surface area contributed by atoms with E-state index in [1.54, 1.807) is 12.1 Å². The highest BCUT2D eigenvalue weighted by Gasteiger charge is 2.17. The molecule has 4 nitrogen and oxygen atoms in total. The van der Waals surface area contributed by atoms with Crippen molar-refractivity contribution in [2.24, 2.45) is 0 Å². The van der Waals surface area contributed by atoms with E-state index in [0.29, 0.717) is 5.75 Å². The molecule has 1 heterocycles. The average molecular weight is 289 g/mol. The number of carboxylic acid groups (broad SMARTS) is 1. The van der Waals surface area contributed by atoms with Crippen LogP contribution in [0.3, 0.4) is 0 Å². The maximum absolute atomic E-state index is 13.9. The lowest BCUT2D eigenvalue weighted by molar-refractivity contribution is 0.0690.